The van der Waals surface area contributed by atoms with Gasteiger partial charge in [0, 0.05) is 13.0 Å². The first kappa shape index (κ1) is 28.6. The summed E-state index contributed by atoms with van der Waals surface area (Å²) in [5.41, 5.74) is 21.3. The maximum Gasteiger partial charge on any atom is 0.326 e. The second-order valence-corrected chi connectivity index (χ2v) is 7.47. The van der Waals surface area contributed by atoms with Crippen molar-refractivity contribution in [2.24, 2.45) is 33.8 Å². The normalized spacial score (nSPS) is 13.4. The lowest BCUT2D eigenvalue weighted by atomic mass is 10.0. The number of carbonyl (C=O) groups excluding carboxylic acids is 4. The maximum atomic E-state index is 12.5. The molecule has 0 aromatic carbocycles. The van der Waals surface area contributed by atoms with E-state index in [0.717, 1.165) is 0 Å². The Kier molecular flexibility index (Phi) is 13.0. The van der Waals surface area contributed by atoms with Crippen LogP contribution in [0, 0.1) is 5.92 Å². The van der Waals surface area contributed by atoms with Gasteiger partial charge in [0.15, 0.2) is 5.96 Å². The van der Waals surface area contributed by atoms with Crippen LogP contribution in [0.15, 0.2) is 4.99 Å². The monoisotopic (exact) mass is 458 g/mol. The van der Waals surface area contributed by atoms with Crippen molar-refractivity contribution in [2.75, 3.05) is 13.1 Å². The largest absolute Gasteiger partial charge is 0.480 e. The third-order valence-corrected chi connectivity index (χ3v) is 4.29. The van der Waals surface area contributed by atoms with Crippen LogP contribution in [0.5, 0.6) is 0 Å². The Morgan fingerprint density at radius 1 is 0.969 bits per heavy atom. The van der Waals surface area contributed by atoms with Gasteiger partial charge in [0.1, 0.15) is 12.1 Å². The number of rotatable bonds is 15. The molecule has 0 aromatic heterocycles. The summed E-state index contributed by atoms with van der Waals surface area (Å²) >= 11 is 0. The minimum atomic E-state index is -1.20. The summed E-state index contributed by atoms with van der Waals surface area (Å²) in [6.07, 6.45) is 0.351. The molecular weight excluding hydrogens is 424 g/mol. The Morgan fingerprint density at radius 2 is 1.59 bits per heavy atom. The second kappa shape index (κ2) is 14.6. The van der Waals surface area contributed by atoms with E-state index in [4.69, 9.17) is 28.0 Å². The summed E-state index contributed by atoms with van der Waals surface area (Å²) in [6.45, 7) is 2.96. The highest BCUT2D eigenvalue weighted by molar-refractivity contribution is 5.92. The Bertz CT molecular complexity index is 708. The van der Waals surface area contributed by atoms with Crippen molar-refractivity contribution in [3.05, 3.63) is 0 Å². The predicted octanol–water partition coefficient (Wildman–Crippen LogP) is -3.54. The molecule has 0 rings (SSSR count). The number of carboxylic acids is 1. The molecule has 12 N–H and O–H groups in total. The van der Waals surface area contributed by atoms with Gasteiger partial charge >= 0.3 is 5.97 Å². The minimum Gasteiger partial charge on any atom is -0.480 e. The summed E-state index contributed by atoms with van der Waals surface area (Å²) in [5.74, 6) is -4.38. The molecule has 14 heteroatoms. The quantitative estimate of drug-likeness (QED) is 0.0685. The van der Waals surface area contributed by atoms with E-state index in [9.17, 15) is 24.0 Å². The fourth-order valence-corrected chi connectivity index (χ4v) is 2.51. The molecule has 32 heavy (non-hydrogen) atoms. The van der Waals surface area contributed by atoms with Gasteiger partial charge < -0.3 is 44.0 Å². The second-order valence-electron chi connectivity index (χ2n) is 7.47. The summed E-state index contributed by atoms with van der Waals surface area (Å²) in [7, 11) is 0. The van der Waals surface area contributed by atoms with Gasteiger partial charge in [-0.15, -0.1) is 0 Å². The molecule has 4 amide bonds. The average Bonchev–Trinajstić information content (AvgIpc) is 2.69. The molecule has 0 aliphatic rings. The lowest BCUT2D eigenvalue weighted by Crippen LogP contribution is -2.54. The van der Waals surface area contributed by atoms with Gasteiger partial charge in [-0.25, -0.2) is 4.79 Å². The highest BCUT2D eigenvalue weighted by atomic mass is 16.4. The SMILES string of the molecule is CC(C)C(NC(=O)CNC(=O)C(CCCN=C(N)N)NC(=O)C(N)CCC(N)=O)C(=O)O. The van der Waals surface area contributed by atoms with Crippen molar-refractivity contribution in [3.8, 4) is 0 Å². The zero-order chi connectivity index (χ0) is 24.8. The van der Waals surface area contributed by atoms with Crippen LogP contribution in [-0.4, -0.2) is 71.9 Å². The molecule has 0 fully saturated rings. The number of nitrogens with one attached hydrogen (secondary N) is 3. The Hall–Kier alpha value is -3.42. The smallest absolute Gasteiger partial charge is 0.326 e. The number of hydrogen-bond acceptors (Lipinski definition) is 7. The van der Waals surface area contributed by atoms with Crippen LogP contribution in [0.2, 0.25) is 0 Å². The van der Waals surface area contributed by atoms with Crippen LogP contribution in [0.3, 0.4) is 0 Å². The van der Waals surface area contributed by atoms with E-state index in [0.29, 0.717) is 6.42 Å². The third-order valence-electron chi connectivity index (χ3n) is 4.29. The van der Waals surface area contributed by atoms with Crippen LogP contribution in [-0.2, 0) is 24.0 Å². The average molecular weight is 459 g/mol. The molecule has 0 spiro atoms. The standard InChI is InChI=1S/C18H34N8O6/c1-9(2)14(17(31)32)26-13(28)8-24-16(30)11(4-3-7-23-18(21)22)25-15(29)10(19)5-6-12(20)27/h9-11,14H,3-8,19H2,1-2H3,(H2,20,27)(H,24,30)(H,25,29)(H,26,28)(H,31,32)(H4,21,22,23). The van der Waals surface area contributed by atoms with Crippen LogP contribution >= 0.6 is 0 Å². The number of primary amides is 1. The van der Waals surface area contributed by atoms with E-state index in [-0.39, 0.29) is 37.7 Å². The molecular formula is C18H34N8O6. The fourth-order valence-electron chi connectivity index (χ4n) is 2.51. The van der Waals surface area contributed by atoms with E-state index < -0.39 is 54.3 Å². The molecule has 0 radical (unpaired) electrons. The van der Waals surface area contributed by atoms with Gasteiger partial charge in [-0.1, -0.05) is 13.8 Å². The molecule has 14 nitrogen and oxygen atoms in total. The molecule has 0 heterocycles. The lowest BCUT2D eigenvalue weighted by molar-refractivity contribution is -0.143. The van der Waals surface area contributed by atoms with Crippen LogP contribution in [0.25, 0.3) is 0 Å². The van der Waals surface area contributed by atoms with Crippen molar-refractivity contribution in [2.45, 2.75) is 57.7 Å². The van der Waals surface area contributed by atoms with Crippen LogP contribution < -0.4 is 38.9 Å². The van der Waals surface area contributed by atoms with E-state index >= 15 is 0 Å². The Balaban J connectivity index is 4.99. The topological polar surface area (TPSA) is 258 Å². The number of guanidine groups is 1. The van der Waals surface area contributed by atoms with E-state index in [1.54, 1.807) is 13.8 Å². The molecule has 0 saturated carbocycles. The van der Waals surface area contributed by atoms with E-state index in [1.807, 2.05) is 0 Å². The molecule has 3 unspecified atom stereocenters. The zero-order valence-corrected chi connectivity index (χ0v) is 18.3. The summed E-state index contributed by atoms with van der Waals surface area (Å²) in [4.78, 5) is 62.6. The van der Waals surface area contributed by atoms with Crippen molar-refractivity contribution in [1.29, 1.82) is 0 Å². The molecule has 182 valence electrons. The first-order valence-corrected chi connectivity index (χ1v) is 10.0. The van der Waals surface area contributed by atoms with Crippen molar-refractivity contribution in [3.63, 3.8) is 0 Å². The van der Waals surface area contributed by atoms with Gasteiger partial charge in [0.2, 0.25) is 23.6 Å². The fraction of sp³-hybridized carbons (Fsp3) is 0.667. The number of hydrogen-bond donors (Lipinski definition) is 8. The van der Waals surface area contributed by atoms with Crippen molar-refractivity contribution in [1.82, 2.24) is 16.0 Å². The number of nitrogens with zero attached hydrogens (tertiary/aromatic N) is 1. The van der Waals surface area contributed by atoms with Gasteiger partial charge in [-0.3, -0.25) is 24.2 Å². The molecule has 0 bridgehead atoms. The van der Waals surface area contributed by atoms with E-state index in [1.165, 1.54) is 0 Å². The lowest BCUT2D eigenvalue weighted by Gasteiger charge is -2.21. The number of aliphatic carboxylic acids is 1. The highest BCUT2D eigenvalue weighted by Crippen LogP contribution is 2.03. The number of carbonyl (C=O) groups is 5. The van der Waals surface area contributed by atoms with Gasteiger partial charge in [-0.05, 0) is 25.2 Å². The number of amides is 4. The Labute approximate surface area is 185 Å². The van der Waals surface area contributed by atoms with Gasteiger partial charge in [-0.2, -0.15) is 0 Å². The Morgan fingerprint density at radius 3 is 2.09 bits per heavy atom. The first-order valence-electron chi connectivity index (χ1n) is 10.0. The predicted molar refractivity (Wildman–Crippen MR) is 116 cm³/mol. The highest BCUT2D eigenvalue weighted by Gasteiger charge is 2.26. The summed E-state index contributed by atoms with van der Waals surface area (Å²) in [6, 6.07) is -3.25. The third kappa shape index (κ3) is 12.3. The first-order chi connectivity index (χ1) is 14.8. The van der Waals surface area contributed by atoms with Crippen LogP contribution in [0.4, 0.5) is 0 Å². The molecule has 0 saturated heterocycles. The zero-order valence-electron chi connectivity index (χ0n) is 18.3. The van der Waals surface area contributed by atoms with Crippen LogP contribution in [0.1, 0.15) is 39.5 Å². The van der Waals surface area contributed by atoms with Gasteiger partial charge in [0.25, 0.3) is 0 Å². The van der Waals surface area contributed by atoms with Crippen molar-refractivity contribution >= 4 is 35.6 Å². The minimum absolute atomic E-state index is 0.00229. The summed E-state index contributed by atoms with van der Waals surface area (Å²) in [5, 5.41) is 16.3. The number of carboxylic acid groups (broad SMARTS) is 1. The van der Waals surface area contributed by atoms with Gasteiger partial charge in [0.05, 0.1) is 12.6 Å². The molecule has 3 atom stereocenters. The number of nitrogens with two attached hydrogens (primary N) is 4. The number of aliphatic imine (C=N–C) groups is 1. The van der Waals surface area contributed by atoms with Crippen molar-refractivity contribution < 1.29 is 29.1 Å². The van der Waals surface area contributed by atoms with E-state index in [2.05, 4.69) is 20.9 Å². The summed E-state index contributed by atoms with van der Waals surface area (Å²) < 4.78 is 0. The molecule has 0 aliphatic heterocycles. The maximum absolute atomic E-state index is 12.5. The molecule has 0 aromatic rings. The molecule has 0 aliphatic carbocycles.